The third kappa shape index (κ3) is 5.01. The minimum Gasteiger partial charge on any atom is -0.487 e. The van der Waals surface area contributed by atoms with Gasteiger partial charge in [-0.2, -0.15) is 0 Å². The summed E-state index contributed by atoms with van der Waals surface area (Å²) in [5.41, 5.74) is 5.72. The number of hydrogen-bond acceptors (Lipinski definition) is 4. The van der Waals surface area contributed by atoms with Crippen LogP contribution in [0.3, 0.4) is 0 Å². The molecule has 0 atom stereocenters. The van der Waals surface area contributed by atoms with E-state index in [1.54, 1.807) is 29.2 Å². The van der Waals surface area contributed by atoms with E-state index in [0.29, 0.717) is 36.4 Å². The Balaban J connectivity index is 1.60. The van der Waals surface area contributed by atoms with Gasteiger partial charge in [0.15, 0.2) is 11.6 Å². The first-order chi connectivity index (χ1) is 13.4. The standard InChI is InChI=1S/C20H20F2N2O3S/c21-13-5-6-17(16(22)11-13)27-14-7-9-24(10-8-14)20(26)15-3-1-2-4-18(15)28-12-19(23)25/h1-6,11,14H,7-10,12H2,(H2,23,25). The predicted octanol–water partition coefficient (Wildman–Crippen LogP) is 3.23. The highest BCUT2D eigenvalue weighted by molar-refractivity contribution is 8.00. The lowest BCUT2D eigenvalue weighted by Crippen LogP contribution is -2.42. The number of carbonyl (C=O) groups is 2. The van der Waals surface area contributed by atoms with Crippen LogP contribution in [0.25, 0.3) is 0 Å². The van der Waals surface area contributed by atoms with Crippen molar-refractivity contribution in [3.05, 3.63) is 59.7 Å². The van der Waals surface area contributed by atoms with E-state index in [0.717, 1.165) is 12.1 Å². The summed E-state index contributed by atoms with van der Waals surface area (Å²) in [4.78, 5) is 26.3. The summed E-state index contributed by atoms with van der Waals surface area (Å²) < 4.78 is 32.4. The number of nitrogens with two attached hydrogens (primary N) is 1. The first-order valence-electron chi connectivity index (χ1n) is 8.85. The zero-order valence-corrected chi connectivity index (χ0v) is 15.9. The molecule has 1 aliphatic heterocycles. The van der Waals surface area contributed by atoms with Crippen molar-refractivity contribution in [3.63, 3.8) is 0 Å². The second-order valence-corrected chi connectivity index (χ2v) is 7.45. The van der Waals surface area contributed by atoms with Crippen molar-refractivity contribution in [2.75, 3.05) is 18.8 Å². The minimum atomic E-state index is -0.737. The zero-order valence-electron chi connectivity index (χ0n) is 15.1. The second-order valence-electron chi connectivity index (χ2n) is 6.44. The normalized spacial score (nSPS) is 14.7. The van der Waals surface area contributed by atoms with Crippen LogP contribution in [0.1, 0.15) is 23.2 Å². The number of piperidine rings is 1. The maximum atomic E-state index is 13.7. The Morgan fingerprint density at radius 2 is 1.86 bits per heavy atom. The monoisotopic (exact) mass is 406 g/mol. The molecule has 1 heterocycles. The molecule has 2 N–H and O–H groups in total. The summed E-state index contributed by atoms with van der Waals surface area (Å²) in [6.45, 7) is 0.919. The lowest BCUT2D eigenvalue weighted by atomic mass is 10.1. The number of nitrogens with zero attached hydrogens (tertiary/aromatic N) is 1. The lowest BCUT2D eigenvalue weighted by molar-refractivity contribution is -0.115. The van der Waals surface area contributed by atoms with Crippen LogP contribution in [0.2, 0.25) is 0 Å². The van der Waals surface area contributed by atoms with Gasteiger partial charge < -0.3 is 15.4 Å². The number of amides is 2. The van der Waals surface area contributed by atoms with Gasteiger partial charge in [0.1, 0.15) is 11.9 Å². The molecule has 2 aromatic rings. The van der Waals surface area contributed by atoms with Gasteiger partial charge in [-0.1, -0.05) is 12.1 Å². The molecule has 0 aliphatic carbocycles. The Morgan fingerprint density at radius 1 is 1.14 bits per heavy atom. The summed E-state index contributed by atoms with van der Waals surface area (Å²) in [6, 6.07) is 10.3. The fraction of sp³-hybridized carbons (Fsp3) is 0.300. The highest BCUT2D eigenvalue weighted by atomic mass is 32.2. The van der Waals surface area contributed by atoms with Gasteiger partial charge in [0, 0.05) is 36.9 Å². The van der Waals surface area contributed by atoms with E-state index in [1.807, 2.05) is 0 Å². The average Bonchev–Trinajstić information content (AvgIpc) is 2.69. The van der Waals surface area contributed by atoms with Crippen LogP contribution in [0.4, 0.5) is 8.78 Å². The number of rotatable bonds is 6. The second kappa shape index (κ2) is 9.05. The molecule has 0 unspecified atom stereocenters. The maximum Gasteiger partial charge on any atom is 0.254 e. The highest BCUT2D eigenvalue weighted by Crippen LogP contribution is 2.26. The number of likely N-dealkylation sites (tertiary alicyclic amines) is 1. The molecule has 1 aliphatic rings. The summed E-state index contributed by atoms with van der Waals surface area (Å²) in [5.74, 6) is -1.85. The van der Waals surface area contributed by atoms with Crippen molar-refractivity contribution in [2.45, 2.75) is 23.8 Å². The number of ether oxygens (including phenoxy) is 1. The Hall–Kier alpha value is -2.61. The van der Waals surface area contributed by atoms with Gasteiger partial charge in [-0.05, 0) is 24.3 Å². The van der Waals surface area contributed by atoms with E-state index < -0.39 is 17.5 Å². The van der Waals surface area contributed by atoms with E-state index in [4.69, 9.17) is 10.5 Å². The van der Waals surface area contributed by atoms with Crippen LogP contribution >= 0.6 is 11.8 Å². The minimum absolute atomic E-state index is 0.0133. The first kappa shape index (κ1) is 20.1. The molecule has 5 nitrogen and oxygen atoms in total. The fourth-order valence-electron chi connectivity index (χ4n) is 3.02. The van der Waals surface area contributed by atoms with Gasteiger partial charge in [0.05, 0.1) is 11.3 Å². The Labute approximate surface area is 165 Å². The van der Waals surface area contributed by atoms with Crippen LogP contribution in [-0.2, 0) is 4.79 Å². The van der Waals surface area contributed by atoms with Gasteiger partial charge in [0.25, 0.3) is 5.91 Å². The van der Waals surface area contributed by atoms with Crippen LogP contribution in [0.5, 0.6) is 5.75 Å². The number of halogens is 2. The smallest absolute Gasteiger partial charge is 0.254 e. The summed E-state index contributed by atoms with van der Waals surface area (Å²) in [7, 11) is 0. The lowest BCUT2D eigenvalue weighted by Gasteiger charge is -2.32. The van der Waals surface area contributed by atoms with Crippen LogP contribution in [0, 0.1) is 11.6 Å². The number of thioether (sulfide) groups is 1. The third-order valence-electron chi connectivity index (χ3n) is 4.40. The molecular weight excluding hydrogens is 386 g/mol. The maximum absolute atomic E-state index is 13.7. The highest BCUT2D eigenvalue weighted by Gasteiger charge is 2.26. The van der Waals surface area contributed by atoms with Gasteiger partial charge in [-0.15, -0.1) is 11.8 Å². The van der Waals surface area contributed by atoms with Crippen molar-refractivity contribution in [2.24, 2.45) is 5.73 Å². The number of primary amides is 1. The van der Waals surface area contributed by atoms with Gasteiger partial charge >= 0.3 is 0 Å². The van der Waals surface area contributed by atoms with Crippen molar-refractivity contribution >= 4 is 23.6 Å². The van der Waals surface area contributed by atoms with Crippen molar-refractivity contribution in [3.8, 4) is 5.75 Å². The van der Waals surface area contributed by atoms with Crippen molar-refractivity contribution < 1.29 is 23.1 Å². The molecule has 1 fully saturated rings. The molecule has 148 valence electrons. The molecule has 0 saturated carbocycles. The molecule has 0 aromatic heterocycles. The van der Waals surface area contributed by atoms with Gasteiger partial charge in [-0.3, -0.25) is 9.59 Å². The van der Waals surface area contributed by atoms with Crippen molar-refractivity contribution in [1.82, 2.24) is 4.90 Å². The topological polar surface area (TPSA) is 72.6 Å². The molecule has 1 saturated heterocycles. The SMILES string of the molecule is NC(=O)CSc1ccccc1C(=O)N1CCC(Oc2ccc(F)cc2F)CC1. The van der Waals surface area contributed by atoms with E-state index in [1.165, 1.54) is 17.8 Å². The summed E-state index contributed by atoms with van der Waals surface area (Å²) in [5, 5.41) is 0. The van der Waals surface area contributed by atoms with Crippen LogP contribution in [-0.4, -0.2) is 41.7 Å². The Kier molecular flexibility index (Phi) is 6.51. The number of benzene rings is 2. The van der Waals surface area contributed by atoms with E-state index in [2.05, 4.69) is 0 Å². The summed E-state index contributed by atoms with van der Waals surface area (Å²) >= 11 is 1.23. The fourth-order valence-corrected chi connectivity index (χ4v) is 3.80. The quantitative estimate of drug-likeness (QED) is 0.748. The molecule has 0 radical (unpaired) electrons. The average molecular weight is 406 g/mol. The first-order valence-corrected chi connectivity index (χ1v) is 9.83. The molecule has 28 heavy (non-hydrogen) atoms. The third-order valence-corrected chi connectivity index (χ3v) is 5.50. The van der Waals surface area contributed by atoms with E-state index in [-0.39, 0.29) is 23.5 Å². The predicted molar refractivity (Wildman–Crippen MR) is 102 cm³/mol. The zero-order chi connectivity index (χ0) is 20.1. The Morgan fingerprint density at radius 3 is 2.54 bits per heavy atom. The van der Waals surface area contributed by atoms with E-state index >= 15 is 0 Å². The number of carbonyl (C=O) groups excluding carboxylic acids is 2. The van der Waals surface area contributed by atoms with Crippen LogP contribution < -0.4 is 10.5 Å². The van der Waals surface area contributed by atoms with Gasteiger partial charge in [0.2, 0.25) is 5.91 Å². The molecule has 0 spiro atoms. The van der Waals surface area contributed by atoms with Crippen molar-refractivity contribution in [1.29, 1.82) is 0 Å². The molecular formula is C20H20F2N2O3S. The van der Waals surface area contributed by atoms with E-state index in [9.17, 15) is 18.4 Å². The molecule has 8 heteroatoms. The number of hydrogen-bond donors (Lipinski definition) is 1. The largest absolute Gasteiger partial charge is 0.487 e. The van der Waals surface area contributed by atoms with Gasteiger partial charge in [-0.25, -0.2) is 8.78 Å². The molecule has 3 rings (SSSR count). The molecule has 2 amide bonds. The summed E-state index contributed by atoms with van der Waals surface area (Å²) in [6.07, 6.45) is 0.835. The Bertz CT molecular complexity index is 870. The van der Waals surface area contributed by atoms with Crippen LogP contribution in [0.15, 0.2) is 47.4 Å². The molecule has 0 bridgehead atoms. The molecule has 2 aromatic carbocycles.